The first-order valence-electron chi connectivity index (χ1n) is 13.1. The highest BCUT2D eigenvalue weighted by Crippen LogP contribution is 2.31. The molecule has 0 bridgehead atoms. The summed E-state index contributed by atoms with van der Waals surface area (Å²) in [6, 6.07) is 7.02. The molecule has 0 unspecified atom stereocenters. The van der Waals surface area contributed by atoms with Gasteiger partial charge < -0.3 is 9.64 Å². The molecule has 3 heterocycles. The first kappa shape index (κ1) is 24.2. The van der Waals surface area contributed by atoms with E-state index in [-0.39, 0.29) is 17.9 Å². The monoisotopic (exact) mass is 455 g/mol. The largest absolute Gasteiger partial charge is 0.494 e. The Balaban J connectivity index is 1.24. The van der Waals surface area contributed by atoms with Gasteiger partial charge >= 0.3 is 0 Å². The van der Waals surface area contributed by atoms with Crippen molar-refractivity contribution in [1.82, 2.24) is 9.80 Å². The van der Waals surface area contributed by atoms with Crippen molar-refractivity contribution in [2.75, 3.05) is 44.2 Å². The van der Waals surface area contributed by atoms with Crippen LogP contribution in [0, 0.1) is 11.8 Å². The van der Waals surface area contributed by atoms with Crippen molar-refractivity contribution < 1.29 is 14.3 Å². The molecule has 0 aliphatic carbocycles. The van der Waals surface area contributed by atoms with Crippen molar-refractivity contribution in [3.63, 3.8) is 0 Å². The molecule has 0 spiro atoms. The van der Waals surface area contributed by atoms with Gasteiger partial charge in [0.1, 0.15) is 5.75 Å². The van der Waals surface area contributed by atoms with E-state index in [1.165, 1.54) is 50.2 Å². The lowest BCUT2D eigenvalue weighted by Gasteiger charge is -2.36. The smallest absolute Gasteiger partial charge is 0.251 e. The zero-order valence-electron chi connectivity index (χ0n) is 20.5. The van der Waals surface area contributed by atoms with Gasteiger partial charge in [-0.2, -0.15) is 0 Å². The van der Waals surface area contributed by atoms with Gasteiger partial charge in [0.05, 0.1) is 24.8 Å². The Labute approximate surface area is 199 Å². The van der Waals surface area contributed by atoms with Gasteiger partial charge in [-0.25, -0.2) is 4.90 Å². The molecular weight excluding hydrogens is 414 g/mol. The van der Waals surface area contributed by atoms with Crippen LogP contribution >= 0.6 is 0 Å². The lowest BCUT2D eigenvalue weighted by Crippen LogP contribution is -2.46. The predicted molar refractivity (Wildman–Crippen MR) is 131 cm³/mol. The lowest BCUT2D eigenvalue weighted by atomic mass is 9.91. The van der Waals surface area contributed by atoms with E-state index in [1.807, 2.05) is 24.3 Å². The highest BCUT2D eigenvalue weighted by Gasteiger charge is 2.43. The van der Waals surface area contributed by atoms with E-state index in [9.17, 15) is 9.59 Å². The number of carbonyl (C=O) groups excluding carboxylic acids is 2. The van der Waals surface area contributed by atoms with Crippen LogP contribution in [0.1, 0.15) is 65.2 Å². The quantitative estimate of drug-likeness (QED) is 0.519. The number of nitrogens with zero attached hydrogens (tertiary/aromatic N) is 3. The molecule has 3 aliphatic rings. The van der Waals surface area contributed by atoms with Crippen LogP contribution in [0.2, 0.25) is 0 Å². The Morgan fingerprint density at radius 3 is 2.21 bits per heavy atom. The number of rotatable bonds is 9. The molecule has 6 nitrogen and oxygen atoms in total. The fraction of sp³-hybridized carbons (Fsp3) is 0.704. The summed E-state index contributed by atoms with van der Waals surface area (Å²) in [6.07, 6.45) is 8.81. The summed E-state index contributed by atoms with van der Waals surface area (Å²) in [5.41, 5.74) is 0.651. The number of likely N-dealkylation sites (tertiary alicyclic amines) is 2. The summed E-state index contributed by atoms with van der Waals surface area (Å²) < 4.78 is 5.62. The van der Waals surface area contributed by atoms with Crippen LogP contribution < -0.4 is 9.64 Å². The maximum absolute atomic E-state index is 13.2. The van der Waals surface area contributed by atoms with Crippen LogP contribution in [-0.4, -0.2) is 67.0 Å². The van der Waals surface area contributed by atoms with E-state index >= 15 is 0 Å². The van der Waals surface area contributed by atoms with Crippen LogP contribution in [0.3, 0.4) is 0 Å². The van der Waals surface area contributed by atoms with Crippen molar-refractivity contribution in [2.24, 2.45) is 11.8 Å². The number of ether oxygens (including phenoxy) is 1. The number of piperidine rings is 2. The highest BCUT2D eigenvalue weighted by molar-refractivity contribution is 6.22. The molecule has 4 rings (SSSR count). The highest BCUT2D eigenvalue weighted by atomic mass is 16.5. The van der Waals surface area contributed by atoms with Gasteiger partial charge in [0, 0.05) is 0 Å². The van der Waals surface area contributed by atoms with E-state index in [1.54, 1.807) is 0 Å². The summed E-state index contributed by atoms with van der Waals surface area (Å²) in [5, 5.41) is 0. The number of carbonyl (C=O) groups is 2. The molecule has 2 amide bonds. The molecule has 182 valence electrons. The summed E-state index contributed by atoms with van der Waals surface area (Å²) in [5.74, 6) is 2.28. The van der Waals surface area contributed by atoms with E-state index in [0.29, 0.717) is 18.7 Å². The summed E-state index contributed by atoms with van der Waals surface area (Å²) in [6.45, 7) is 10.6. The van der Waals surface area contributed by atoms with Crippen LogP contribution in [0.4, 0.5) is 5.69 Å². The molecule has 1 aromatic carbocycles. The number of hydrogen-bond acceptors (Lipinski definition) is 5. The average molecular weight is 456 g/mol. The second-order valence-electron chi connectivity index (χ2n) is 10.1. The molecule has 0 aromatic heterocycles. The molecule has 0 saturated carbocycles. The molecule has 3 saturated heterocycles. The third kappa shape index (κ3) is 5.96. The molecule has 1 aromatic rings. The van der Waals surface area contributed by atoms with Gasteiger partial charge in [0.25, 0.3) is 5.91 Å². The number of benzene rings is 1. The first-order valence-corrected chi connectivity index (χ1v) is 13.1. The Morgan fingerprint density at radius 1 is 0.909 bits per heavy atom. The Morgan fingerprint density at radius 2 is 1.58 bits per heavy atom. The normalized spacial score (nSPS) is 24.1. The summed E-state index contributed by atoms with van der Waals surface area (Å²) >= 11 is 0. The molecular formula is C27H41N3O3. The fourth-order valence-electron chi connectivity index (χ4n) is 5.62. The second-order valence-corrected chi connectivity index (χ2v) is 10.1. The van der Waals surface area contributed by atoms with Gasteiger partial charge in [-0.05, 0) is 107 Å². The maximum atomic E-state index is 13.2. The molecule has 1 atom stereocenters. The Kier molecular flexibility index (Phi) is 8.42. The third-order valence-corrected chi connectivity index (χ3v) is 7.92. The molecule has 3 aliphatic heterocycles. The molecule has 0 N–H and O–H groups in total. The van der Waals surface area contributed by atoms with Crippen molar-refractivity contribution in [3.8, 4) is 5.75 Å². The zero-order valence-corrected chi connectivity index (χ0v) is 20.5. The van der Waals surface area contributed by atoms with Crippen LogP contribution in [-0.2, 0) is 9.59 Å². The summed E-state index contributed by atoms with van der Waals surface area (Å²) in [7, 11) is 0. The van der Waals surface area contributed by atoms with Crippen molar-refractivity contribution in [2.45, 2.75) is 71.3 Å². The number of anilines is 1. The van der Waals surface area contributed by atoms with E-state index in [2.05, 4.69) is 23.6 Å². The maximum Gasteiger partial charge on any atom is 0.251 e. The number of amides is 2. The van der Waals surface area contributed by atoms with Crippen molar-refractivity contribution in [3.05, 3.63) is 24.3 Å². The van der Waals surface area contributed by atoms with Crippen molar-refractivity contribution >= 4 is 17.5 Å². The van der Waals surface area contributed by atoms with Gasteiger partial charge in [-0.15, -0.1) is 0 Å². The Bertz CT molecular complexity index is 780. The minimum Gasteiger partial charge on any atom is -0.494 e. The SMILES string of the molecule is CCCOc1ccc(N2C(=O)C[C@H](N3CCC(CCN4CCC(CC)CC4)CC3)C2=O)cc1. The molecule has 6 heteroatoms. The van der Waals surface area contributed by atoms with Gasteiger partial charge in [-0.1, -0.05) is 20.3 Å². The van der Waals surface area contributed by atoms with Gasteiger partial charge in [-0.3, -0.25) is 14.5 Å². The zero-order chi connectivity index (χ0) is 23.2. The minimum absolute atomic E-state index is 0.0699. The third-order valence-electron chi connectivity index (χ3n) is 7.92. The summed E-state index contributed by atoms with van der Waals surface area (Å²) in [4.78, 5) is 32.2. The van der Waals surface area contributed by atoms with Crippen LogP contribution in [0.5, 0.6) is 5.75 Å². The van der Waals surface area contributed by atoms with E-state index in [4.69, 9.17) is 4.74 Å². The fourth-order valence-corrected chi connectivity index (χ4v) is 5.62. The van der Waals surface area contributed by atoms with Crippen molar-refractivity contribution in [1.29, 1.82) is 0 Å². The topological polar surface area (TPSA) is 53.1 Å². The van der Waals surface area contributed by atoms with E-state index < -0.39 is 0 Å². The minimum atomic E-state index is -0.303. The standard InChI is InChI=1S/C27H41N3O3/c1-3-19-33-24-7-5-23(6-8-24)30-26(31)20-25(27(30)32)29-17-12-22(13-18-29)11-16-28-14-9-21(4-2)10-15-28/h5-8,21-22,25H,3-4,9-20H2,1-2H3/t25-/m0/s1. The van der Waals surface area contributed by atoms with Gasteiger partial charge in [0.2, 0.25) is 5.91 Å². The number of hydrogen-bond donors (Lipinski definition) is 0. The molecule has 3 fully saturated rings. The molecule has 33 heavy (non-hydrogen) atoms. The van der Waals surface area contributed by atoms with Crippen LogP contribution in [0.25, 0.3) is 0 Å². The van der Waals surface area contributed by atoms with E-state index in [0.717, 1.165) is 49.9 Å². The van der Waals surface area contributed by atoms with Gasteiger partial charge in [0.15, 0.2) is 0 Å². The average Bonchev–Trinajstić information content (AvgIpc) is 3.16. The first-order chi connectivity index (χ1) is 16.1. The lowest BCUT2D eigenvalue weighted by molar-refractivity contribution is -0.123. The predicted octanol–water partition coefficient (Wildman–Crippen LogP) is 4.33. The second kappa shape index (κ2) is 11.5. The Hall–Kier alpha value is -1.92. The van der Waals surface area contributed by atoms with Crippen LogP contribution in [0.15, 0.2) is 24.3 Å². The molecule has 0 radical (unpaired) electrons. The number of imide groups is 1.